The third-order valence-corrected chi connectivity index (χ3v) is 5.78. The highest BCUT2D eigenvalue weighted by Gasteiger charge is 2.32. The molecule has 0 aliphatic carbocycles. The van der Waals surface area contributed by atoms with Gasteiger partial charge in [0.05, 0.1) is 31.9 Å². The topological polar surface area (TPSA) is 84.9 Å². The molecular formula is C19H22N2O5S. The van der Waals surface area contributed by atoms with Crippen molar-refractivity contribution in [2.24, 2.45) is 0 Å². The fourth-order valence-corrected chi connectivity index (χ4v) is 4.61. The standard InChI is InChI=1S/C19H22N2O5S/c1-12-9-14-10-13(5-8-17(14)21(12)27(4,23)24)19(22)20-16-7-6-15(25-2)11-18(16)26-3/h5-8,10-12H,9H2,1-4H3,(H,20,22)/t12-/m1/s1. The average Bonchev–Trinajstić information content (AvgIpc) is 2.96. The predicted octanol–water partition coefficient (Wildman–Crippen LogP) is 2.67. The fraction of sp³-hybridized carbons (Fsp3) is 0.316. The van der Waals surface area contributed by atoms with E-state index in [0.717, 1.165) is 5.56 Å². The Morgan fingerprint density at radius 2 is 1.89 bits per heavy atom. The largest absolute Gasteiger partial charge is 0.497 e. The molecule has 0 spiro atoms. The second-order valence-electron chi connectivity index (χ2n) is 6.48. The van der Waals surface area contributed by atoms with E-state index in [2.05, 4.69) is 5.32 Å². The quantitative estimate of drug-likeness (QED) is 0.848. The first kappa shape index (κ1) is 19.0. The molecule has 0 aromatic heterocycles. The minimum absolute atomic E-state index is 0.171. The number of benzene rings is 2. The normalized spacial score (nSPS) is 16.0. The van der Waals surface area contributed by atoms with Crippen molar-refractivity contribution in [2.75, 3.05) is 30.1 Å². The van der Waals surface area contributed by atoms with Crippen LogP contribution >= 0.6 is 0 Å². The number of hydrogen-bond donors (Lipinski definition) is 1. The van der Waals surface area contributed by atoms with E-state index in [1.165, 1.54) is 17.7 Å². The van der Waals surface area contributed by atoms with Crippen molar-refractivity contribution >= 4 is 27.3 Å². The van der Waals surface area contributed by atoms with Crippen LogP contribution in [-0.2, 0) is 16.4 Å². The van der Waals surface area contributed by atoms with Gasteiger partial charge < -0.3 is 14.8 Å². The summed E-state index contributed by atoms with van der Waals surface area (Å²) in [5.41, 5.74) is 2.44. The van der Waals surface area contributed by atoms with Gasteiger partial charge in [-0.2, -0.15) is 0 Å². The van der Waals surface area contributed by atoms with Crippen LogP contribution in [0.2, 0.25) is 0 Å². The molecule has 1 N–H and O–H groups in total. The van der Waals surface area contributed by atoms with E-state index in [9.17, 15) is 13.2 Å². The summed E-state index contributed by atoms with van der Waals surface area (Å²) in [4.78, 5) is 12.7. The predicted molar refractivity (Wildman–Crippen MR) is 104 cm³/mol. The summed E-state index contributed by atoms with van der Waals surface area (Å²) in [5.74, 6) is 0.810. The van der Waals surface area contributed by atoms with E-state index in [1.807, 2.05) is 6.92 Å². The Balaban J connectivity index is 1.87. The average molecular weight is 390 g/mol. The number of nitrogens with one attached hydrogen (secondary N) is 1. The lowest BCUT2D eigenvalue weighted by molar-refractivity contribution is 0.102. The van der Waals surface area contributed by atoms with Gasteiger partial charge in [-0.3, -0.25) is 9.10 Å². The van der Waals surface area contributed by atoms with Crippen molar-refractivity contribution in [3.63, 3.8) is 0 Å². The summed E-state index contributed by atoms with van der Waals surface area (Å²) in [5, 5.41) is 2.82. The summed E-state index contributed by atoms with van der Waals surface area (Å²) in [7, 11) is -0.289. The summed E-state index contributed by atoms with van der Waals surface area (Å²) in [6.07, 6.45) is 1.75. The maximum absolute atomic E-state index is 12.7. The smallest absolute Gasteiger partial charge is 0.255 e. The van der Waals surface area contributed by atoms with E-state index < -0.39 is 10.0 Å². The molecule has 0 radical (unpaired) electrons. The lowest BCUT2D eigenvalue weighted by Gasteiger charge is -2.21. The van der Waals surface area contributed by atoms with E-state index in [4.69, 9.17) is 9.47 Å². The van der Waals surface area contributed by atoms with Gasteiger partial charge in [0.1, 0.15) is 11.5 Å². The lowest BCUT2D eigenvalue weighted by Crippen LogP contribution is -2.34. The molecule has 0 unspecified atom stereocenters. The van der Waals surface area contributed by atoms with Gasteiger partial charge in [-0.05, 0) is 49.2 Å². The molecule has 1 aliphatic rings. The van der Waals surface area contributed by atoms with Crippen LogP contribution in [0.5, 0.6) is 11.5 Å². The molecule has 0 bridgehead atoms. The highest BCUT2D eigenvalue weighted by Crippen LogP contribution is 2.35. The van der Waals surface area contributed by atoms with E-state index >= 15 is 0 Å². The summed E-state index contributed by atoms with van der Waals surface area (Å²) >= 11 is 0. The molecule has 1 atom stereocenters. The molecule has 0 saturated carbocycles. The van der Waals surface area contributed by atoms with Crippen molar-refractivity contribution in [3.8, 4) is 11.5 Å². The molecule has 0 fully saturated rings. The second kappa shape index (κ2) is 7.11. The molecule has 27 heavy (non-hydrogen) atoms. The molecule has 0 saturated heterocycles. The van der Waals surface area contributed by atoms with Crippen LogP contribution in [0.25, 0.3) is 0 Å². The first-order valence-corrected chi connectivity index (χ1v) is 10.2. The molecule has 144 valence electrons. The van der Waals surface area contributed by atoms with Gasteiger partial charge in [0.2, 0.25) is 10.0 Å². The van der Waals surface area contributed by atoms with Crippen LogP contribution in [0.3, 0.4) is 0 Å². The first-order chi connectivity index (χ1) is 12.7. The van der Waals surface area contributed by atoms with E-state index in [1.54, 1.807) is 43.5 Å². The SMILES string of the molecule is COc1ccc(NC(=O)c2ccc3c(c2)C[C@@H](C)N3S(C)(=O)=O)c(OC)c1. The number of rotatable bonds is 5. The molecule has 7 nitrogen and oxygen atoms in total. The van der Waals surface area contributed by atoms with E-state index in [0.29, 0.717) is 34.9 Å². The summed E-state index contributed by atoms with van der Waals surface area (Å²) in [6.45, 7) is 1.85. The number of fused-ring (bicyclic) bond motifs is 1. The molecule has 3 rings (SSSR count). The third kappa shape index (κ3) is 3.71. The summed E-state index contributed by atoms with van der Waals surface area (Å²) in [6, 6.07) is 9.99. The van der Waals surface area contributed by atoms with Crippen molar-refractivity contribution in [2.45, 2.75) is 19.4 Å². The Labute approximate surface area is 158 Å². The van der Waals surface area contributed by atoms with Crippen LogP contribution in [-0.4, -0.2) is 40.8 Å². The van der Waals surface area contributed by atoms with Gasteiger partial charge in [-0.25, -0.2) is 8.42 Å². The summed E-state index contributed by atoms with van der Waals surface area (Å²) < 4.78 is 35.9. The molecule has 2 aromatic rings. The monoisotopic (exact) mass is 390 g/mol. The van der Waals surface area contributed by atoms with Crippen LogP contribution in [0.4, 0.5) is 11.4 Å². The number of ether oxygens (including phenoxy) is 2. The van der Waals surface area contributed by atoms with Crippen LogP contribution in [0.15, 0.2) is 36.4 Å². The number of carbonyl (C=O) groups excluding carboxylic acids is 1. The van der Waals surface area contributed by atoms with E-state index in [-0.39, 0.29) is 11.9 Å². The van der Waals surface area contributed by atoms with Crippen molar-refractivity contribution < 1.29 is 22.7 Å². The zero-order valence-electron chi connectivity index (χ0n) is 15.6. The number of carbonyl (C=O) groups is 1. The highest BCUT2D eigenvalue weighted by molar-refractivity contribution is 7.92. The Kier molecular flexibility index (Phi) is 5.01. The van der Waals surface area contributed by atoms with Crippen molar-refractivity contribution in [1.82, 2.24) is 0 Å². The maximum Gasteiger partial charge on any atom is 0.255 e. The Bertz CT molecular complexity index is 988. The van der Waals surface area contributed by atoms with Gasteiger partial charge in [0.15, 0.2) is 0 Å². The van der Waals surface area contributed by atoms with Crippen LogP contribution in [0.1, 0.15) is 22.8 Å². The first-order valence-electron chi connectivity index (χ1n) is 8.40. The number of nitrogens with zero attached hydrogens (tertiary/aromatic N) is 1. The molecule has 8 heteroatoms. The second-order valence-corrected chi connectivity index (χ2v) is 8.34. The minimum Gasteiger partial charge on any atom is -0.497 e. The number of methoxy groups -OCH3 is 2. The maximum atomic E-state index is 12.7. The molecule has 2 aromatic carbocycles. The van der Waals surface area contributed by atoms with Gasteiger partial charge in [0.25, 0.3) is 5.91 Å². The van der Waals surface area contributed by atoms with Gasteiger partial charge in [-0.1, -0.05) is 0 Å². The number of amides is 1. The number of hydrogen-bond acceptors (Lipinski definition) is 5. The van der Waals surface area contributed by atoms with Gasteiger partial charge in [-0.15, -0.1) is 0 Å². The third-order valence-electron chi connectivity index (χ3n) is 4.51. The van der Waals surface area contributed by atoms with Gasteiger partial charge >= 0.3 is 0 Å². The zero-order chi connectivity index (χ0) is 19.8. The number of anilines is 2. The molecule has 1 aliphatic heterocycles. The Morgan fingerprint density at radius 1 is 1.15 bits per heavy atom. The lowest BCUT2D eigenvalue weighted by atomic mass is 10.1. The van der Waals surface area contributed by atoms with Crippen LogP contribution in [0, 0.1) is 0 Å². The zero-order valence-corrected chi connectivity index (χ0v) is 16.5. The van der Waals surface area contributed by atoms with Gasteiger partial charge in [0, 0.05) is 17.7 Å². The Morgan fingerprint density at radius 3 is 2.52 bits per heavy atom. The van der Waals surface area contributed by atoms with Crippen molar-refractivity contribution in [3.05, 3.63) is 47.5 Å². The minimum atomic E-state index is -3.36. The molecule has 1 heterocycles. The number of sulfonamides is 1. The fourth-order valence-electron chi connectivity index (χ4n) is 3.35. The molecule has 1 amide bonds. The molecular weight excluding hydrogens is 368 g/mol. The Hall–Kier alpha value is -2.74. The van der Waals surface area contributed by atoms with Crippen molar-refractivity contribution in [1.29, 1.82) is 0 Å². The van der Waals surface area contributed by atoms with Crippen LogP contribution < -0.4 is 19.1 Å². The highest BCUT2D eigenvalue weighted by atomic mass is 32.2.